The first kappa shape index (κ1) is 38.2. The van der Waals surface area contributed by atoms with E-state index >= 15 is 0 Å². The van der Waals surface area contributed by atoms with Crippen LogP contribution >= 0.6 is 0 Å². The van der Waals surface area contributed by atoms with Crippen LogP contribution in [0.4, 0.5) is 17.1 Å². The molecule has 0 aliphatic rings. The minimum absolute atomic E-state index is 1.07. The lowest BCUT2D eigenvalue weighted by molar-refractivity contribution is 1.28. The zero-order valence-corrected chi connectivity index (χ0v) is 35.8. The van der Waals surface area contributed by atoms with Crippen LogP contribution in [0.15, 0.2) is 261 Å². The normalized spacial score (nSPS) is 11.4. The molecule has 0 N–H and O–H groups in total. The maximum Gasteiger partial charge on any atom is 0.0546 e. The highest BCUT2D eigenvalue weighted by atomic mass is 15.1. The van der Waals surface area contributed by atoms with Crippen molar-refractivity contribution in [2.75, 3.05) is 4.90 Å². The Kier molecular flexibility index (Phi) is 9.58. The van der Waals surface area contributed by atoms with Crippen LogP contribution in [0.2, 0.25) is 0 Å². The molecule has 1 nitrogen and oxygen atoms in total. The number of nitrogens with zero attached hydrogens (tertiary/aromatic N) is 1. The third kappa shape index (κ3) is 6.82. The maximum absolute atomic E-state index is 2.51. The highest BCUT2D eigenvalue weighted by Gasteiger charge is 2.26. The van der Waals surface area contributed by atoms with Crippen molar-refractivity contribution in [3.05, 3.63) is 261 Å². The summed E-state index contributed by atoms with van der Waals surface area (Å²) in [4.78, 5) is 2.51. The number of benzene rings is 12. The van der Waals surface area contributed by atoms with Crippen molar-refractivity contribution in [2.45, 2.75) is 0 Å². The van der Waals surface area contributed by atoms with E-state index in [1.807, 2.05) is 0 Å². The second kappa shape index (κ2) is 16.3. The second-order valence-corrected chi connectivity index (χ2v) is 16.8. The van der Waals surface area contributed by atoms with Crippen LogP contribution in [0.25, 0.3) is 98.7 Å². The van der Waals surface area contributed by atoms with Gasteiger partial charge >= 0.3 is 0 Å². The molecule has 0 heterocycles. The topological polar surface area (TPSA) is 3.24 Å². The SMILES string of the molecule is c1ccc(-c2ccc(N(c3ccc(-c4ccccc4)cc3-c3ccccc3)c3cccc(-c4cc5ccccc5c5ccccc45)c3-c3cc4ccccc4c4ccccc34)cc2)cc1. The van der Waals surface area contributed by atoms with Crippen molar-refractivity contribution in [2.24, 2.45) is 0 Å². The van der Waals surface area contributed by atoms with Crippen LogP contribution in [0.3, 0.4) is 0 Å². The fourth-order valence-corrected chi connectivity index (χ4v) is 10.0. The fourth-order valence-electron chi connectivity index (χ4n) is 10.0. The summed E-state index contributed by atoms with van der Waals surface area (Å²) >= 11 is 0. The summed E-state index contributed by atoms with van der Waals surface area (Å²) in [5.41, 5.74) is 15.0. The van der Waals surface area contributed by atoms with E-state index < -0.39 is 0 Å². The molecule has 0 unspecified atom stereocenters. The standard InChI is InChI=1S/C64H43N/c1-4-19-44(20-5-1)46-35-38-51(39-36-46)65(62-40-37-48(45-21-6-2-7-22-45)41-59(62)47-23-8-3-9-24-47)63-34-18-33-58(60-42-49-25-10-12-27-52(49)54-29-14-16-31-56(54)60)64(63)61-43-50-26-11-13-28-53(50)55-30-15-17-32-57(55)61/h1-43H. The van der Waals surface area contributed by atoms with Gasteiger partial charge in [-0.3, -0.25) is 0 Å². The van der Waals surface area contributed by atoms with Gasteiger partial charge in [-0.05, 0) is 130 Å². The number of anilines is 3. The van der Waals surface area contributed by atoms with Crippen LogP contribution in [0.1, 0.15) is 0 Å². The summed E-state index contributed by atoms with van der Waals surface area (Å²) in [5.74, 6) is 0. The third-order valence-corrected chi connectivity index (χ3v) is 13.0. The van der Waals surface area contributed by atoms with Crippen LogP contribution in [0, 0.1) is 0 Å². The van der Waals surface area contributed by atoms with E-state index in [4.69, 9.17) is 0 Å². The van der Waals surface area contributed by atoms with Crippen LogP contribution in [-0.2, 0) is 0 Å². The van der Waals surface area contributed by atoms with Crippen LogP contribution in [-0.4, -0.2) is 0 Å². The first-order chi connectivity index (χ1) is 32.3. The highest BCUT2D eigenvalue weighted by molar-refractivity contribution is 6.20. The Bertz CT molecular complexity index is 3690. The average Bonchev–Trinajstić information content (AvgIpc) is 3.39. The Morgan fingerprint density at radius 2 is 0.662 bits per heavy atom. The van der Waals surface area contributed by atoms with Gasteiger partial charge in [0.05, 0.1) is 11.4 Å². The Labute approximate surface area is 379 Å². The molecule has 0 atom stereocenters. The monoisotopic (exact) mass is 825 g/mol. The molecule has 65 heavy (non-hydrogen) atoms. The molecule has 0 fully saturated rings. The van der Waals surface area contributed by atoms with Gasteiger partial charge in [0, 0.05) is 16.8 Å². The molecule has 304 valence electrons. The van der Waals surface area contributed by atoms with Gasteiger partial charge in [-0.2, -0.15) is 0 Å². The van der Waals surface area contributed by atoms with Crippen molar-refractivity contribution in [1.29, 1.82) is 0 Å². The molecule has 0 amide bonds. The van der Waals surface area contributed by atoms with Gasteiger partial charge in [0.1, 0.15) is 0 Å². The minimum atomic E-state index is 1.07. The lowest BCUT2D eigenvalue weighted by Gasteiger charge is -2.32. The van der Waals surface area contributed by atoms with E-state index in [1.165, 1.54) is 87.6 Å². The zero-order chi connectivity index (χ0) is 43.1. The molecule has 0 radical (unpaired) electrons. The Hall–Kier alpha value is -8.52. The third-order valence-electron chi connectivity index (χ3n) is 13.0. The van der Waals surface area contributed by atoms with Gasteiger partial charge in [-0.15, -0.1) is 0 Å². The number of hydrogen-bond acceptors (Lipinski definition) is 1. The van der Waals surface area contributed by atoms with E-state index in [0.717, 1.165) is 28.2 Å². The summed E-state index contributed by atoms with van der Waals surface area (Å²) < 4.78 is 0. The molecule has 0 aromatic heterocycles. The fraction of sp³-hybridized carbons (Fsp3) is 0. The maximum atomic E-state index is 2.51. The molecule has 1 heteroatoms. The lowest BCUT2D eigenvalue weighted by atomic mass is 9.85. The molecule has 0 saturated carbocycles. The second-order valence-electron chi connectivity index (χ2n) is 16.8. The summed E-state index contributed by atoms with van der Waals surface area (Å²) in [5, 5.41) is 9.86. The van der Waals surface area contributed by atoms with Crippen molar-refractivity contribution >= 4 is 60.2 Å². The van der Waals surface area contributed by atoms with E-state index in [2.05, 4.69) is 266 Å². The number of rotatable bonds is 8. The molecular weight excluding hydrogens is 783 g/mol. The van der Waals surface area contributed by atoms with E-state index in [0.29, 0.717) is 0 Å². The van der Waals surface area contributed by atoms with Gasteiger partial charge in [0.25, 0.3) is 0 Å². The number of hydrogen-bond donors (Lipinski definition) is 0. The predicted octanol–water partition coefficient (Wildman–Crippen LogP) is 18.1. The largest absolute Gasteiger partial charge is 0.309 e. The van der Waals surface area contributed by atoms with E-state index in [1.54, 1.807) is 0 Å². The van der Waals surface area contributed by atoms with Crippen molar-refractivity contribution in [1.82, 2.24) is 0 Å². The van der Waals surface area contributed by atoms with Crippen molar-refractivity contribution < 1.29 is 0 Å². The van der Waals surface area contributed by atoms with E-state index in [9.17, 15) is 0 Å². The smallest absolute Gasteiger partial charge is 0.0546 e. The van der Waals surface area contributed by atoms with Crippen LogP contribution in [0.5, 0.6) is 0 Å². The quantitative estimate of drug-likeness (QED) is 0.138. The highest BCUT2D eigenvalue weighted by Crippen LogP contribution is 2.52. The predicted molar refractivity (Wildman–Crippen MR) is 278 cm³/mol. The summed E-state index contributed by atoms with van der Waals surface area (Å²) in [7, 11) is 0. The Balaban J connectivity index is 1.22. The molecule has 0 aliphatic heterocycles. The Morgan fingerprint density at radius 1 is 0.215 bits per heavy atom. The summed E-state index contributed by atoms with van der Waals surface area (Å²) in [6.07, 6.45) is 0. The zero-order valence-electron chi connectivity index (χ0n) is 35.8. The molecule has 0 bridgehead atoms. The van der Waals surface area contributed by atoms with Gasteiger partial charge in [0.15, 0.2) is 0 Å². The van der Waals surface area contributed by atoms with Crippen molar-refractivity contribution in [3.8, 4) is 55.6 Å². The van der Waals surface area contributed by atoms with Crippen molar-refractivity contribution in [3.63, 3.8) is 0 Å². The molecule has 12 rings (SSSR count). The lowest BCUT2D eigenvalue weighted by Crippen LogP contribution is -2.13. The Morgan fingerprint density at radius 3 is 1.26 bits per heavy atom. The molecular formula is C64H43N. The molecule has 12 aromatic carbocycles. The van der Waals surface area contributed by atoms with E-state index in [-0.39, 0.29) is 0 Å². The summed E-state index contributed by atoms with van der Waals surface area (Å²) in [6.45, 7) is 0. The first-order valence-corrected chi connectivity index (χ1v) is 22.4. The molecule has 0 spiro atoms. The minimum Gasteiger partial charge on any atom is -0.309 e. The van der Waals surface area contributed by atoms with Gasteiger partial charge in [0.2, 0.25) is 0 Å². The van der Waals surface area contributed by atoms with Gasteiger partial charge in [-0.25, -0.2) is 0 Å². The van der Waals surface area contributed by atoms with Gasteiger partial charge < -0.3 is 4.90 Å². The van der Waals surface area contributed by atoms with Gasteiger partial charge in [-0.1, -0.05) is 218 Å². The molecule has 0 aliphatic carbocycles. The first-order valence-electron chi connectivity index (χ1n) is 22.4. The summed E-state index contributed by atoms with van der Waals surface area (Å²) in [6, 6.07) is 95.6. The molecule has 12 aromatic rings. The molecule has 0 saturated heterocycles. The number of fused-ring (bicyclic) bond motifs is 6. The van der Waals surface area contributed by atoms with Crippen LogP contribution < -0.4 is 4.90 Å². The average molecular weight is 826 g/mol.